The quantitative estimate of drug-likeness (QED) is 0.695. The highest BCUT2D eigenvalue weighted by molar-refractivity contribution is 5.84. The average molecular weight is 241 g/mol. The van der Waals surface area contributed by atoms with E-state index in [0.717, 1.165) is 11.1 Å². The van der Waals surface area contributed by atoms with Crippen molar-refractivity contribution in [2.45, 2.75) is 0 Å². The minimum atomic E-state index is -0.475. The van der Waals surface area contributed by atoms with Crippen molar-refractivity contribution in [3.8, 4) is 0 Å². The standard InChI is InChI=1S/C14H15N3O/c15-14(18)13(11-5-1-3-7-16-9-11)12-6-2-4-8-17-10-12/h1-10,13,16-17H,(H2,15,18). The van der Waals surface area contributed by atoms with E-state index in [-0.39, 0.29) is 5.91 Å². The molecule has 4 heteroatoms. The third-order valence-electron chi connectivity index (χ3n) is 2.64. The molecule has 18 heavy (non-hydrogen) atoms. The Labute approximate surface area is 106 Å². The summed E-state index contributed by atoms with van der Waals surface area (Å²) in [5.41, 5.74) is 7.17. The van der Waals surface area contributed by atoms with E-state index in [2.05, 4.69) is 10.6 Å². The Morgan fingerprint density at radius 1 is 0.944 bits per heavy atom. The molecule has 0 spiro atoms. The maximum Gasteiger partial charge on any atom is 0.229 e. The van der Waals surface area contributed by atoms with Gasteiger partial charge in [0.1, 0.15) is 0 Å². The van der Waals surface area contributed by atoms with Crippen LogP contribution < -0.4 is 16.4 Å². The van der Waals surface area contributed by atoms with Gasteiger partial charge in [0.05, 0.1) is 5.92 Å². The Morgan fingerprint density at radius 2 is 1.44 bits per heavy atom. The van der Waals surface area contributed by atoms with Crippen LogP contribution in [0.4, 0.5) is 0 Å². The maximum atomic E-state index is 11.7. The minimum Gasteiger partial charge on any atom is -0.369 e. The predicted octanol–water partition coefficient (Wildman–Crippen LogP) is 1.20. The molecule has 0 aromatic carbocycles. The number of hydrogen-bond donors (Lipinski definition) is 3. The molecule has 2 rings (SSSR count). The zero-order valence-corrected chi connectivity index (χ0v) is 9.84. The Kier molecular flexibility index (Phi) is 3.81. The molecular formula is C14H15N3O. The number of primary amides is 1. The van der Waals surface area contributed by atoms with Crippen LogP contribution in [0.2, 0.25) is 0 Å². The Morgan fingerprint density at radius 3 is 1.89 bits per heavy atom. The zero-order valence-electron chi connectivity index (χ0n) is 9.84. The second kappa shape index (κ2) is 5.72. The predicted molar refractivity (Wildman–Crippen MR) is 71.7 cm³/mol. The molecule has 1 amide bonds. The average Bonchev–Trinajstić information content (AvgIpc) is 2.74. The first-order chi connectivity index (χ1) is 8.79. The van der Waals surface area contributed by atoms with Crippen molar-refractivity contribution in [3.05, 3.63) is 72.4 Å². The summed E-state index contributed by atoms with van der Waals surface area (Å²) in [4.78, 5) is 11.7. The molecule has 0 bridgehead atoms. The van der Waals surface area contributed by atoms with Crippen LogP contribution in [-0.4, -0.2) is 5.91 Å². The molecule has 0 aliphatic carbocycles. The first-order valence-corrected chi connectivity index (χ1v) is 5.67. The van der Waals surface area contributed by atoms with Crippen LogP contribution in [0.15, 0.2) is 72.4 Å². The number of carbonyl (C=O) groups excluding carboxylic acids is 1. The fraction of sp³-hybridized carbons (Fsp3) is 0.0714. The van der Waals surface area contributed by atoms with Gasteiger partial charge in [0, 0.05) is 24.8 Å². The van der Waals surface area contributed by atoms with Crippen LogP contribution in [-0.2, 0) is 4.79 Å². The van der Waals surface area contributed by atoms with Gasteiger partial charge in [-0.3, -0.25) is 4.79 Å². The molecule has 2 aliphatic heterocycles. The molecule has 4 nitrogen and oxygen atoms in total. The summed E-state index contributed by atoms with van der Waals surface area (Å²) in [6.45, 7) is 0. The third-order valence-corrected chi connectivity index (χ3v) is 2.64. The fourth-order valence-corrected chi connectivity index (χ4v) is 1.82. The molecule has 2 heterocycles. The van der Waals surface area contributed by atoms with Gasteiger partial charge in [-0.05, 0) is 23.3 Å². The van der Waals surface area contributed by atoms with Crippen LogP contribution in [0, 0.1) is 5.92 Å². The molecule has 0 saturated heterocycles. The maximum absolute atomic E-state index is 11.7. The van der Waals surface area contributed by atoms with Gasteiger partial charge >= 0.3 is 0 Å². The van der Waals surface area contributed by atoms with Crippen molar-refractivity contribution in [2.24, 2.45) is 11.7 Å². The Bertz CT molecular complexity index is 467. The first kappa shape index (κ1) is 12.0. The van der Waals surface area contributed by atoms with E-state index >= 15 is 0 Å². The molecule has 92 valence electrons. The van der Waals surface area contributed by atoms with Gasteiger partial charge in [-0.2, -0.15) is 0 Å². The molecule has 0 aromatic heterocycles. The molecule has 0 atom stereocenters. The monoisotopic (exact) mass is 241 g/mol. The SMILES string of the molecule is NC(=O)C(C1=CNC=CC=C1)C1=CNC=CC=C1. The summed E-state index contributed by atoms with van der Waals surface area (Å²) in [6, 6.07) is 0. The van der Waals surface area contributed by atoms with Crippen molar-refractivity contribution in [1.82, 2.24) is 10.6 Å². The normalized spacial score (nSPS) is 17.4. The number of nitrogens with two attached hydrogens (primary N) is 1. The molecule has 0 saturated carbocycles. The van der Waals surface area contributed by atoms with Crippen molar-refractivity contribution in [1.29, 1.82) is 0 Å². The molecule has 0 fully saturated rings. The summed E-state index contributed by atoms with van der Waals surface area (Å²) in [7, 11) is 0. The zero-order chi connectivity index (χ0) is 12.8. The third kappa shape index (κ3) is 2.79. The van der Waals surface area contributed by atoms with Crippen LogP contribution in [0.5, 0.6) is 0 Å². The van der Waals surface area contributed by atoms with Gasteiger partial charge in [-0.25, -0.2) is 0 Å². The second-order valence-electron chi connectivity index (χ2n) is 3.89. The summed E-state index contributed by atoms with van der Waals surface area (Å²) in [5, 5.41) is 5.97. The van der Waals surface area contributed by atoms with Crippen molar-refractivity contribution >= 4 is 5.91 Å². The Balaban J connectivity index is 2.31. The van der Waals surface area contributed by atoms with Gasteiger partial charge in [-0.15, -0.1) is 0 Å². The molecule has 4 N–H and O–H groups in total. The van der Waals surface area contributed by atoms with E-state index in [1.54, 1.807) is 24.8 Å². The van der Waals surface area contributed by atoms with E-state index < -0.39 is 5.92 Å². The molecule has 0 radical (unpaired) electrons. The lowest BCUT2D eigenvalue weighted by molar-refractivity contribution is -0.119. The van der Waals surface area contributed by atoms with Gasteiger partial charge in [0.25, 0.3) is 0 Å². The number of nitrogens with one attached hydrogen (secondary N) is 2. The summed E-state index contributed by atoms with van der Waals surface area (Å²) in [5.74, 6) is -0.855. The number of carbonyl (C=O) groups is 1. The van der Waals surface area contributed by atoms with E-state index in [9.17, 15) is 4.79 Å². The molecule has 0 unspecified atom stereocenters. The highest BCUT2D eigenvalue weighted by Gasteiger charge is 2.22. The summed E-state index contributed by atoms with van der Waals surface area (Å²) < 4.78 is 0. The van der Waals surface area contributed by atoms with Crippen molar-refractivity contribution < 1.29 is 4.79 Å². The smallest absolute Gasteiger partial charge is 0.229 e. The van der Waals surface area contributed by atoms with E-state index in [1.165, 1.54) is 0 Å². The number of hydrogen-bond acceptors (Lipinski definition) is 3. The van der Waals surface area contributed by atoms with Crippen LogP contribution in [0.3, 0.4) is 0 Å². The van der Waals surface area contributed by atoms with Crippen LogP contribution >= 0.6 is 0 Å². The number of rotatable bonds is 3. The Hall–Kier alpha value is -2.49. The number of amides is 1. The van der Waals surface area contributed by atoms with E-state index in [0.29, 0.717) is 0 Å². The van der Waals surface area contributed by atoms with Crippen LogP contribution in [0.25, 0.3) is 0 Å². The minimum absolute atomic E-state index is 0.380. The summed E-state index contributed by atoms with van der Waals surface area (Å²) >= 11 is 0. The molecule has 0 aromatic rings. The lowest BCUT2D eigenvalue weighted by Gasteiger charge is -2.15. The lowest BCUT2D eigenvalue weighted by atomic mass is 9.90. The lowest BCUT2D eigenvalue weighted by Crippen LogP contribution is -2.27. The first-order valence-electron chi connectivity index (χ1n) is 5.67. The van der Waals surface area contributed by atoms with Gasteiger partial charge < -0.3 is 16.4 Å². The largest absolute Gasteiger partial charge is 0.369 e. The topological polar surface area (TPSA) is 67.2 Å². The highest BCUT2D eigenvalue weighted by Crippen LogP contribution is 2.23. The highest BCUT2D eigenvalue weighted by atomic mass is 16.1. The molecule has 2 aliphatic rings. The second-order valence-corrected chi connectivity index (χ2v) is 3.89. The van der Waals surface area contributed by atoms with Gasteiger partial charge in [-0.1, -0.05) is 24.3 Å². The van der Waals surface area contributed by atoms with Gasteiger partial charge in [0.15, 0.2) is 0 Å². The van der Waals surface area contributed by atoms with Crippen molar-refractivity contribution in [2.75, 3.05) is 0 Å². The number of allylic oxidation sites excluding steroid dienone is 6. The summed E-state index contributed by atoms with van der Waals surface area (Å²) in [6.07, 6.45) is 18.3. The fourth-order valence-electron chi connectivity index (χ4n) is 1.82. The van der Waals surface area contributed by atoms with Gasteiger partial charge in [0.2, 0.25) is 5.91 Å². The molecular weight excluding hydrogens is 226 g/mol. The van der Waals surface area contributed by atoms with Crippen LogP contribution in [0.1, 0.15) is 0 Å². The van der Waals surface area contributed by atoms with E-state index in [4.69, 9.17) is 5.73 Å². The van der Waals surface area contributed by atoms with E-state index in [1.807, 2.05) is 36.5 Å². The van der Waals surface area contributed by atoms with Crippen molar-refractivity contribution in [3.63, 3.8) is 0 Å².